The van der Waals surface area contributed by atoms with Gasteiger partial charge in [0.2, 0.25) is 0 Å². The minimum atomic E-state index is -0.576. The van der Waals surface area contributed by atoms with Crippen LogP contribution in [0, 0.1) is 10.1 Å². The molecule has 0 unspecified atom stereocenters. The zero-order chi connectivity index (χ0) is 17.4. The van der Waals surface area contributed by atoms with E-state index in [2.05, 4.69) is 6.92 Å². The SMILES string of the molecule is CCCCCOc1ccc(C(=O)Oc2cccc([N+](=O)[O-])c2)cc1. The first kappa shape index (κ1) is 17.5. The Bertz CT molecular complexity index is 697. The van der Waals surface area contributed by atoms with Crippen molar-refractivity contribution in [2.75, 3.05) is 6.61 Å². The molecule has 6 heteroatoms. The molecule has 2 aromatic carbocycles. The molecule has 0 saturated carbocycles. The number of nitro benzene ring substituents is 1. The summed E-state index contributed by atoms with van der Waals surface area (Å²) in [5.41, 5.74) is 0.221. The van der Waals surface area contributed by atoms with Gasteiger partial charge in [-0.2, -0.15) is 0 Å². The molecule has 24 heavy (non-hydrogen) atoms. The first-order valence-electron chi connectivity index (χ1n) is 7.79. The molecule has 0 aliphatic heterocycles. The maximum absolute atomic E-state index is 12.1. The van der Waals surface area contributed by atoms with E-state index in [0.29, 0.717) is 17.9 Å². The van der Waals surface area contributed by atoms with Gasteiger partial charge >= 0.3 is 5.97 Å². The van der Waals surface area contributed by atoms with E-state index in [1.165, 1.54) is 24.3 Å². The number of nitrogens with zero attached hydrogens (tertiary/aromatic N) is 1. The van der Waals surface area contributed by atoms with Gasteiger partial charge in [-0.15, -0.1) is 0 Å². The molecule has 2 rings (SSSR count). The van der Waals surface area contributed by atoms with Gasteiger partial charge in [0.05, 0.1) is 23.2 Å². The third-order valence-electron chi connectivity index (χ3n) is 3.35. The van der Waals surface area contributed by atoms with Crippen molar-refractivity contribution in [1.29, 1.82) is 0 Å². The van der Waals surface area contributed by atoms with Crippen LogP contribution in [-0.2, 0) is 0 Å². The Morgan fingerprint density at radius 1 is 1.08 bits per heavy atom. The van der Waals surface area contributed by atoms with Crippen LogP contribution < -0.4 is 9.47 Å². The molecule has 0 aliphatic rings. The molecule has 0 fully saturated rings. The van der Waals surface area contributed by atoms with Crippen molar-refractivity contribution < 1.29 is 19.2 Å². The van der Waals surface area contributed by atoms with Crippen LogP contribution in [0.4, 0.5) is 5.69 Å². The highest BCUT2D eigenvalue weighted by Gasteiger charge is 2.12. The summed E-state index contributed by atoms with van der Waals surface area (Å²) in [6, 6.07) is 12.1. The van der Waals surface area contributed by atoms with Gasteiger partial charge in [-0.25, -0.2) is 4.79 Å². The van der Waals surface area contributed by atoms with E-state index >= 15 is 0 Å². The summed E-state index contributed by atoms with van der Waals surface area (Å²) >= 11 is 0. The number of nitro groups is 1. The maximum Gasteiger partial charge on any atom is 0.343 e. The topological polar surface area (TPSA) is 78.7 Å². The molecule has 0 N–H and O–H groups in total. The first-order valence-corrected chi connectivity index (χ1v) is 7.79. The molecule has 0 spiro atoms. The van der Waals surface area contributed by atoms with E-state index in [1.807, 2.05) is 0 Å². The van der Waals surface area contributed by atoms with Crippen molar-refractivity contribution in [3.8, 4) is 11.5 Å². The van der Waals surface area contributed by atoms with Gasteiger partial charge in [-0.05, 0) is 36.8 Å². The van der Waals surface area contributed by atoms with Crippen molar-refractivity contribution in [1.82, 2.24) is 0 Å². The number of hydrogen-bond acceptors (Lipinski definition) is 5. The van der Waals surface area contributed by atoms with Crippen LogP contribution in [0.5, 0.6) is 11.5 Å². The van der Waals surface area contributed by atoms with Crippen molar-refractivity contribution in [2.24, 2.45) is 0 Å². The number of carbonyl (C=O) groups is 1. The summed E-state index contributed by atoms with van der Waals surface area (Å²) < 4.78 is 10.7. The molecule has 0 amide bonds. The molecule has 126 valence electrons. The van der Waals surface area contributed by atoms with E-state index in [9.17, 15) is 14.9 Å². The highest BCUT2D eigenvalue weighted by atomic mass is 16.6. The minimum absolute atomic E-state index is 0.129. The van der Waals surface area contributed by atoms with Crippen molar-refractivity contribution in [2.45, 2.75) is 26.2 Å². The lowest BCUT2D eigenvalue weighted by atomic mass is 10.2. The van der Waals surface area contributed by atoms with Gasteiger partial charge in [0.1, 0.15) is 11.5 Å². The highest BCUT2D eigenvalue weighted by Crippen LogP contribution is 2.21. The summed E-state index contributed by atoms with van der Waals surface area (Å²) in [4.78, 5) is 22.3. The Labute approximate surface area is 140 Å². The zero-order valence-corrected chi connectivity index (χ0v) is 13.4. The monoisotopic (exact) mass is 329 g/mol. The molecule has 0 atom stereocenters. The number of esters is 1. The molecule has 0 radical (unpaired) electrons. The Hall–Kier alpha value is -2.89. The number of rotatable bonds is 8. The second kappa shape index (κ2) is 8.67. The number of benzene rings is 2. The second-order valence-electron chi connectivity index (χ2n) is 5.22. The van der Waals surface area contributed by atoms with E-state index in [1.54, 1.807) is 24.3 Å². The van der Waals surface area contributed by atoms with Gasteiger partial charge in [0.25, 0.3) is 5.69 Å². The van der Waals surface area contributed by atoms with Crippen LogP contribution in [0.15, 0.2) is 48.5 Å². The van der Waals surface area contributed by atoms with Gasteiger partial charge in [-0.3, -0.25) is 10.1 Å². The fraction of sp³-hybridized carbons (Fsp3) is 0.278. The molecule has 0 aliphatic carbocycles. The maximum atomic E-state index is 12.1. The molecule has 0 bridgehead atoms. The third kappa shape index (κ3) is 5.08. The quantitative estimate of drug-likeness (QED) is 0.236. The van der Waals surface area contributed by atoms with Crippen molar-refractivity contribution in [3.63, 3.8) is 0 Å². The molecule has 6 nitrogen and oxygen atoms in total. The average Bonchev–Trinajstić information content (AvgIpc) is 2.59. The average molecular weight is 329 g/mol. The predicted molar refractivity (Wildman–Crippen MR) is 89.5 cm³/mol. The van der Waals surface area contributed by atoms with Crippen LogP contribution in [0.25, 0.3) is 0 Å². The molecule has 2 aromatic rings. The Morgan fingerprint density at radius 3 is 2.50 bits per heavy atom. The fourth-order valence-electron chi connectivity index (χ4n) is 2.06. The molecule has 0 aromatic heterocycles. The summed E-state index contributed by atoms with van der Waals surface area (Å²) in [6.45, 7) is 2.77. The standard InChI is InChI=1S/C18H19NO5/c1-2-3-4-12-23-16-10-8-14(9-11-16)18(20)24-17-7-5-6-15(13-17)19(21)22/h5-11,13H,2-4,12H2,1H3. The van der Waals surface area contributed by atoms with Gasteiger partial charge < -0.3 is 9.47 Å². The van der Waals surface area contributed by atoms with Crippen LogP contribution >= 0.6 is 0 Å². The zero-order valence-electron chi connectivity index (χ0n) is 13.4. The Morgan fingerprint density at radius 2 is 1.83 bits per heavy atom. The van der Waals surface area contributed by atoms with Gasteiger partial charge in [0.15, 0.2) is 0 Å². The highest BCUT2D eigenvalue weighted by molar-refractivity contribution is 5.91. The third-order valence-corrected chi connectivity index (χ3v) is 3.35. The summed E-state index contributed by atoms with van der Waals surface area (Å²) in [5.74, 6) is 0.250. The van der Waals surface area contributed by atoms with E-state index < -0.39 is 10.9 Å². The lowest BCUT2D eigenvalue weighted by molar-refractivity contribution is -0.384. The summed E-state index contributed by atoms with van der Waals surface area (Å²) in [7, 11) is 0. The van der Waals surface area contributed by atoms with Crippen LogP contribution in [0.2, 0.25) is 0 Å². The predicted octanol–water partition coefficient (Wildman–Crippen LogP) is 4.38. The summed E-state index contributed by atoms with van der Waals surface area (Å²) in [6.07, 6.45) is 3.24. The first-order chi connectivity index (χ1) is 11.6. The second-order valence-corrected chi connectivity index (χ2v) is 5.22. The number of ether oxygens (including phenoxy) is 2. The molecule has 0 saturated heterocycles. The number of unbranched alkanes of at least 4 members (excludes halogenated alkanes) is 2. The van der Waals surface area contributed by atoms with Crippen LogP contribution in [-0.4, -0.2) is 17.5 Å². The van der Waals surface area contributed by atoms with Gasteiger partial charge in [0, 0.05) is 6.07 Å². The summed E-state index contributed by atoms with van der Waals surface area (Å²) in [5, 5.41) is 10.7. The molecular weight excluding hydrogens is 310 g/mol. The van der Waals surface area contributed by atoms with E-state index in [4.69, 9.17) is 9.47 Å². The lowest BCUT2D eigenvalue weighted by Gasteiger charge is -2.07. The number of carbonyl (C=O) groups excluding carboxylic acids is 1. The van der Waals surface area contributed by atoms with Crippen molar-refractivity contribution in [3.05, 3.63) is 64.2 Å². The lowest BCUT2D eigenvalue weighted by Crippen LogP contribution is -2.08. The smallest absolute Gasteiger partial charge is 0.343 e. The Kier molecular flexibility index (Phi) is 6.31. The van der Waals surface area contributed by atoms with E-state index in [-0.39, 0.29) is 11.4 Å². The van der Waals surface area contributed by atoms with Crippen LogP contribution in [0.3, 0.4) is 0 Å². The Balaban J connectivity index is 1.95. The largest absolute Gasteiger partial charge is 0.494 e. The number of hydrogen-bond donors (Lipinski definition) is 0. The fourth-order valence-corrected chi connectivity index (χ4v) is 2.06. The molecular formula is C18H19NO5. The number of non-ortho nitro benzene ring substituents is 1. The molecule has 0 heterocycles. The van der Waals surface area contributed by atoms with Crippen molar-refractivity contribution >= 4 is 11.7 Å². The minimum Gasteiger partial charge on any atom is -0.494 e. The normalized spacial score (nSPS) is 10.2. The van der Waals surface area contributed by atoms with Gasteiger partial charge in [-0.1, -0.05) is 25.8 Å². The van der Waals surface area contributed by atoms with E-state index in [0.717, 1.165) is 19.3 Å². The van der Waals surface area contributed by atoms with Crippen LogP contribution in [0.1, 0.15) is 36.5 Å².